The standard InChI is InChI=1S/C31H37F4N3O/c1-6-9-11-17-36-30(38-21-23(8-3)20-37-29(12-10-7-2)31(33,34)35)27-18-25(19-28(39-5)22(27)4)24-13-15-26(32)16-14-24/h8,11-20H,6-7,9-10,21H2,1-5H3,(H,36,38)/b17-11+,23-8+,29-12+,37-20+. The first-order valence-electron chi connectivity index (χ1n) is 13.0. The number of unbranched alkanes of at least 4 members (excludes halogenated alkanes) is 2. The molecule has 2 rings (SSSR count). The van der Waals surface area contributed by atoms with E-state index in [4.69, 9.17) is 9.73 Å². The van der Waals surface area contributed by atoms with Gasteiger partial charge in [0.15, 0.2) is 0 Å². The first-order valence-corrected chi connectivity index (χ1v) is 13.0. The Morgan fingerprint density at radius 1 is 1.03 bits per heavy atom. The number of rotatable bonds is 12. The number of allylic oxidation sites excluding steroid dienone is 4. The molecule has 0 spiro atoms. The average Bonchev–Trinajstić information content (AvgIpc) is 2.91. The Kier molecular flexibility index (Phi) is 12.7. The maximum absolute atomic E-state index is 13.5. The third kappa shape index (κ3) is 9.85. The van der Waals surface area contributed by atoms with Crippen LogP contribution in [0.15, 0.2) is 82.1 Å². The highest BCUT2D eigenvalue weighted by atomic mass is 19.4. The molecule has 0 saturated carbocycles. The van der Waals surface area contributed by atoms with Crippen molar-refractivity contribution >= 4 is 12.1 Å². The first kappa shape index (κ1) is 31.5. The average molecular weight is 544 g/mol. The van der Waals surface area contributed by atoms with Crippen LogP contribution in [-0.4, -0.2) is 31.9 Å². The van der Waals surface area contributed by atoms with Gasteiger partial charge in [-0.3, -0.25) is 9.98 Å². The molecule has 39 heavy (non-hydrogen) atoms. The molecule has 2 aromatic rings. The van der Waals surface area contributed by atoms with Crippen LogP contribution in [0.1, 0.15) is 57.6 Å². The topological polar surface area (TPSA) is 46.0 Å². The van der Waals surface area contributed by atoms with Crippen LogP contribution in [0.3, 0.4) is 0 Å². The highest BCUT2D eigenvalue weighted by Gasteiger charge is 2.33. The fourth-order valence-electron chi connectivity index (χ4n) is 3.60. The van der Waals surface area contributed by atoms with E-state index < -0.39 is 11.9 Å². The number of amidine groups is 1. The summed E-state index contributed by atoms with van der Waals surface area (Å²) in [5.41, 5.74) is 2.80. The molecule has 0 unspecified atom stereocenters. The smallest absolute Gasteiger partial charge is 0.433 e. The van der Waals surface area contributed by atoms with E-state index in [1.54, 1.807) is 38.4 Å². The number of hydrogen-bond acceptors (Lipinski definition) is 3. The second-order valence-corrected chi connectivity index (χ2v) is 8.86. The predicted molar refractivity (Wildman–Crippen MR) is 153 cm³/mol. The molecule has 0 atom stereocenters. The van der Waals surface area contributed by atoms with Crippen molar-refractivity contribution in [1.29, 1.82) is 0 Å². The summed E-state index contributed by atoms with van der Waals surface area (Å²) >= 11 is 0. The predicted octanol–water partition coefficient (Wildman–Crippen LogP) is 8.72. The number of aliphatic imine (C=N–C) groups is 2. The Morgan fingerprint density at radius 2 is 1.72 bits per heavy atom. The molecule has 0 aliphatic carbocycles. The van der Waals surface area contributed by atoms with E-state index in [1.165, 1.54) is 18.3 Å². The maximum atomic E-state index is 13.5. The number of benzene rings is 2. The molecule has 1 N–H and O–H groups in total. The third-order valence-electron chi connectivity index (χ3n) is 5.88. The van der Waals surface area contributed by atoms with Crippen molar-refractivity contribution in [3.05, 3.63) is 89.0 Å². The van der Waals surface area contributed by atoms with E-state index in [1.807, 2.05) is 32.1 Å². The second kappa shape index (κ2) is 15.7. The van der Waals surface area contributed by atoms with Crippen molar-refractivity contribution in [2.45, 2.75) is 59.6 Å². The fourth-order valence-corrected chi connectivity index (χ4v) is 3.60. The van der Waals surface area contributed by atoms with Gasteiger partial charge in [0.2, 0.25) is 0 Å². The van der Waals surface area contributed by atoms with Crippen LogP contribution in [0.2, 0.25) is 0 Å². The summed E-state index contributed by atoms with van der Waals surface area (Å²) in [5, 5.41) is 3.24. The Balaban J connectivity index is 2.52. The molecular formula is C31H37F4N3O. The molecule has 0 aliphatic heterocycles. The zero-order chi connectivity index (χ0) is 28.8. The van der Waals surface area contributed by atoms with Gasteiger partial charge in [-0.25, -0.2) is 4.39 Å². The number of ether oxygens (including phenoxy) is 1. The Hall–Kier alpha value is -3.68. The summed E-state index contributed by atoms with van der Waals surface area (Å²) < 4.78 is 59.3. The van der Waals surface area contributed by atoms with Crippen LogP contribution in [0.5, 0.6) is 5.75 Å². The van der Waals surface area contributed by atoms with Crippen molar-refractivity contribution < 1.29 is 22.3 Å². The number of alkyl halides is 3. The number of halogens is 4. The van der Waals surface area contributed by atoms with Crippen molar-refractivity contribution in [3.8, 4) is 16.9 Å². The van der Waals surface area contributed by atoms with Gasteiger partial charge in [0.1, 0.15) is 23.1 Å². The van der Waals surface area contributed by atoms with Crippen molar-refractivity contribution in [2.24, 2.45) is 9.98 Å². The highest BCUT2D eigenvalue weighted by molar-refractivity contribution is 6.02. The van der Waals surface area contributed by atoms with E-state index >= 15 is 0 Å². The van der Waals surface area contributed by atoms with E-state index in [0.29, 0.717) is 30.0 Å². The molecule has 0 amide bonds. The number of methoxy groups -OCH3 is 1. The van der Waals surface area contributed by atoms with Crippen LogP contribution in [0.4, 0.5) is 17.6 Å². The van der Waals surface area contributed by atoms with Gasteiger partial charge in [-0.15, -0.1) is 0 Å². The molecule has 8 heteroatoms. The number of nitrogens with zero attached hydrogens (tertiary/aromatic N) is 2. The van der Waals surface area contributed by atoms with Gasteiger partial charge in [-0.05, 0) is 73.9 Å². The normalized spacial score (nSPS) is 13.5. The zero-order valence-electron chi connectivity index (χ0n) is 23.2. The summed E-state index contributed by atoms with van der Waals surface area (Å²) in [6, 6.07) is 9.97. The van der Waals surface area contributed by atoms with Crippen LogP contribution in [-0.2, 0) is 0 Å². The summed E-state index contributed by atoms with van der Waals surface area (Å²) in [5.74, 6) is 0.816. The Bertz CT molecular complexity index is 1220. The van der Waals surface area contributed by atoms with E-state index in [-0.39, 0.29) is 12.4 Å². The van der Waals surface area contributed by atoms with Crippen molar-refractivity contribution in [1.82, 2.24) is 5.32 Å². The van der Waals surface area contributed by atoms with Crippen LogP contribution in [0, 0.1) is 12.7 Å². The van der Waals surface area contributed by atoms with Gasteiger partial charge in [0.05, 0.1) is 13.7 Å². The van der Waals surface area contributed by atoms with E-state index in [0.717, 1.165) is 41.2 Å². The van der Waals surface area contributed by atoms with Crippen LogP contribution < -0.4 is 10.1 Å². The maximum Gasteiger partial charge on any atom is 0.433 e. The van der Waals surface area contributed by atoms with Gasteiger partial charge < -0.3 is 10.1 Å². The van der Waals surface area contributed by atoms with Crippen LogP contribution in [0.25, 0.3) is 11.1 Å². The number of hydrogen-bond donors (Lipinski definition) is 1. The number of nitrogens with one attached hydrogen (secondary N) is 1. The molecular weight excluding hydrogens is 506 g/mol. The Morgan fingerprint density at radius 3 is 2.31 bits per heavy atom. The molecule has 210 valence electrons. The molecule has 0 radical (unpaired) electrons. The molecule has 0 heterocycles. The molecule has 2 aromatic carbocycles. The van der Waals surface area contributed by atoms with Crippen molar-refractivity contribution in [2.75, 3.05) is 13.7 Å². The molecule has 0 aliphatic rings. The lowest BCUT2D eigenvalue weighted by molar-refractivity contribution is -0.0925. The molecule has 4 nitrogen and oxygen atoms in total. The lowest BCUT2D eigenvalue weighted by Crippen LogP contribution is -2.21. The monoisotopic (exact) mass is 543 g/mol. The molecule has 0 bridgehead atoms. The third-order valence-corrected chi connectivity index (χ3v) is 5.88. The minimum absolute atomic E-state index is 0.103. The van der Waals surface area contributed by atoms with Crippen molar-refractivity contribution in [3.63, 3.8) is 0 Å². The summed E-state index contributed by atoms with van der Waals surface area (Å²) in [4.78, 5) is 8.46. The Labute approximate surface area is 228 Å². The first-order chi connectivity index (χ1) is 18.6. The summed E-state index contributed by atoms with van der Waals surface area (Å²) in [7, 11) is 1.57. The van der Waals surface area contributed by atoms with Gasteiger partial charge in [0, 0.05) is 17.3 Å². The molecule has 0 saturated heterocycles. The SMILES string of the molecule is C\C=C(/C=N/C(=C/CCC)C(F)(F)F)CN=C(N/C=C/CCC)c1cc(-c2ccc(F)cc2)cc(OC)c1C. The van der Waals surface area contributed by atoms with Gasteiger partial charge in [-0.1, -0.05) is 57.0 Å². The summed E-state index contributed by atoms with van der Waals surface area (Å²) in [6.45, 7) is 7.62. The van der Waals surface area contributed by atoms with E-state index in [2.05, 4.69) is 17.2 Å². The van der Waals surface area contributed by atoms with Gasteiger partial charge >= 0.3 is 6.18 Å². The lowest BCUT2D eigenvalue weighted by Gasteiger charge is -2.16. The molecule has 0 aromatic heterocycles. The highest BCUT2D eigenvalue weighted by Crippen LogP contribution is 2.31. The second-order valence-electron chi connectivity index (χ2n) is 8.86. The zero-order valence-corrected chi connectivity index (χ0v) is 23.2. The largest absolute Gasteiger partial charge is 0.496 e. The summed E-state index contributed by atoms with van der Waals surface area (Å²) in [6.07, 6.45) is 6.00. The van der Waals surface area contributed by atoms with Gasteiger partial charge in [0.25, 0.3) is 0 Å². The minimum Gasteiger partial charge on any atom is -0.496 e. The van der Waals surface area contributed by atoms with Crippen LogP contribution >= 0.6 is 0 Å². The van der Waals surface area contributed by atoms with Gasteiger partial charge in [-0.2, -0.15) is 13.2 Å². The van der Waals surface area contributed by atoms with E-state index in [9.17, 15) is 17.6 Å². The fraction of sp³-hybridized carbons (Fsp3) is 0.355. The molecule has 0 fully saturated rings. The minimum atomic E-state index is -4.53. The lowest BCUT2D eigenvalue weighted by atomic mass is 9.98. The quantitative estimate of drug-likeness (QED) is 0.165.